The molecule has 1 unspecified atom stereocenters. The van der Waals surface area contributed by atoms with Crippen LogP contribution < -0.4 is 11.1 Å². The van der Waals surface area contributed by atoms with Crippen LogP contribution in [0.15, 0.2) is 52.3 Å². The molecule has 0 aliphatic heterocycles. The quantitative estimate of drug-likeness (QED) is 0.335. The SMILES string of the molecule is NC(=NO)C(CNc1ccsc1)c1ccccc1. The summed E-state index contributed by atoms with van der Waals surface area (Å²) in [4.78, 5) is 0. The second-order valence-electron chi connectivity index (χ2n) is 3.88. The van der Waals surface area contributed by atoms with Crippen LogP contribution in [0, 0.1) is 0 Å². The molecule has 4 N–H and O–H groups in total. The Hall–Kier alpha value is -2.01. The lowest BCUT2D eigenvalue weighted by molar-refractivity contribution is 0.316. The molecule has 4 nitrogen and oxygen atoms in total. The number of rotatable bonds is 5. The highest BCUT2D eigenvalue weighted by molar-refractivity contribution is 7.08. The topological polar surface area (TPSA) is 70.6 Å². The van der Waals surface area contributed by atoms with Crippen molar-refractivity contribution in [2.24, 2.45) is 10.9 Å². The predicted octanol–water partition coefficient (Wildman–Crippen LogP) is 2.69. The number of amidine groups is 1. The highest BCUT2D eigenvalue weighted by atomic mass is 32.1. The number of hydrogen-bond acceptors (Lipinski definition) is 4. The molecule has 1 aromatic carbocycles. The van der Waals surface area contributed by atoms with Gasteiger partial charge in [-0.1, -0.05) is 35.5 Å². The van der Waals surface area contributed by atoms with Crippen molar-refractivity contribution in [1.82, 2.24) is 0 Å². The molecule has 0 saturated carbocycles. The third kappa shape index (κ3) is 3.01. The van der Waals surface area contributed by atoms with Crippen LogP contribution >= 0.6 is 11.3 Å². The second-order valence-corrected chi connectivity index (χ2v) is 4.66. The van der Waals surface area contributed by atoms with Gasteiger partial charge >= 0.3 is 0 Å². The van der Waals surface area contributed by atoms with Gasteiger partial charge in [-0.15, -0.1) is 0 Å². The number of oxime groups is 1. The van der Waals surface area contributed by atoms with Gasteiger partial charge in [-0.25, -0.2) is 0 Å². The van der Waals surface area contributed by atoms with Gasteiger partial charge in [0.15, 0.2) is 0 Å². The van der Waals surface area contributed by atoms with Crippen molar-refractivity contribution in [3.63, 3.8) is 0 Å². The number of thiophene rings is 1. The fourth-order valence-electron chi connectivity index (χ4n) is 1.73. The van der Waals surface area contributed by atoms with Crippen molar-refractivity contribution in [3.8, 4) is 0 Å². The largest absolute Gasteiger partial charge is 0.409 e. The standard InChI is InChI=1S/C13H15N3OS/c14-13(16-17)12(10-4-2-1-3-5-10)8-15-11-6-7-18-9-11/h1-7,9,12,15,17H,8H2,(H2,14,16). The molecule has 0 radical (unpaired) electrons. The summed E-state index contributed by atoms with van der Waals surface area (Å²) in [6, 6.07) is 11.8. The Morgan fingerprint density at radius 1 is 1.33 bits per heavy atom. The van der Waals surface area contributed by atoms with E-state index in [4.69, 9.17) is 10.9 Å². The molecule has 2 rings (SSSR count). The van der Waals surface area contributed by atoms with Crippen LogP contribution in [0.25, 0.3) is 0 Å². The fourth-order valence-corrected chi connectivity index (χ4v) is 2.35. The van der Waals surface area contributed by atoms with Crippen molar-refractivity contribution in [3.05, 3.63) is 52.7 Å². The van der Waals surface area contributed by atoms with Crippen molar-refractivity contribution in [1.29, 1.82) is 0 Å². The maximum Gasteiger partial charge on any atom is 0.148 e. The summed E-state index contributed by atoms with van der Waals surface area (Å²) in [5, 5.41) is 19.3. The van der Waals surface area contributed by atoms with E-state index in [1.807, 2.05) is 47.2 Å². The lowest BCUT2D eigenvalue weighted by Crippen LogP contribution is -2.27. The molecule has 0 aliphatic rings. The van der Waals surface area contributed by atoms with E-state index in [1.165, 1.54) is 0 Å². The van der Waals surface area contributed by atoms with E-state index in [0.29, 0.717) is 6.54 Å². The summed E-state index contributed by atoms with van der Waals surface area (Å²) in [5.74, 6) is 0.0695. The summed E-state index contributed by atoms with van der Waals surface area (Å²) in [5.41, 5.74) is 7.82. The van der Waals surface area contributed by atoms with Crippen molar-refractivity contribution in [2.75, 3.05) is 11.9 Å². The number of anilines is 1. The van der Waals surface area contributed by atoms with Gasteiger partial charge in [0.2, 0.25) is 0 Å². The molecule has 2 aromatic rings. The molecular weight excluding hydrogens is 246 g/mol. The van der Waals surface area contributed by atoms with E-state index >= 15 is 0 Å². The zero-order chi connectivity index (χ0) is 12.8. The normalized spacial score (nSPS) is 13.2. The molecular formula is C13H15N3OS. The van der Waals surface area contributed by atoms with E-state index in [-0.39, 0.29) is 11.8 Å². The number of benzene rings is 1. The average Bonchev–Trinajstić information content (AvgIpc) is 2.93. The molecule has 1 heterocycles. The van der Waals surface area contributed by atoms with Gasteiger partial charge in [0.25, 0.3) is 0 Å². The lowest BCUT2D eigenvalue weighted by atomic mass is 9.98. The van der Waals surface area contributed by atoms with Crippen LogP contribution in [0.4, 0.5) is 5.69 Å². The second kappa shape index (κ2) is 6.07. The highest BCUT2D eigenvalue weighted by Crippen LogP contribution is 2.18. The maximum atomic E-state index is 8.86. The molecule has 5 heteroatoms. The summed E-state index contributed by atoms with van der Waals surface area (Å²) < 4.78 is 0. The molecule has 94 valence electrons. The smallest absolute Gasteiger partial charge is 0.148 e. The van der Waals surface area contributed by atoms with Crippen LogP contribution in [0.2, 0.25) is 0 Å². The van der Waals surface area contributed by atoms with Gasteiger partial charge in [0.05, 0.1) is 5.92 Å². The summed E-state index contributed by atoms with van der Waals surface area (Å²) in [6.45, 7) is 0.594. The summed E-state index contributed by atoms with van der Waals surface area (Å²) in [6.07, 6.45) is 0. The Morgan fingerprint density at radius 2 is 2.11 bits per heavy atom. The van der Waals surface area contributed by atoms with Crippen LogP contribution in [0.5, 0.6) is 0 Å². The van der Waals surface area contributed by atoms with Gasteiger partial charge in [-0.2, -0.15) is 11.3 Å². The molecule has 0 fully saturated rings. The number of nitrogens with zero attached hydrogens (tertiary/aromatic N) is 1. The van der Waals surface area contributed by atoms with E-state index < -0.39 is 0 Å². The first-order chi connectivity index (χ1) is 8.81. The van der Waals surface area contributed by atoms with Gasteiger partial charge < -0.3 is 16.3 Å². The molecule has 1 atom stereocenters. The zero-order valence-electron chi connectivity index (χ0n) is 9.78. The first kappa shape index (κ1) is 12.4. The van der Waals surface area contributed by atoms with Gasteiger partial charge in [-0.05, 0) is 17.0 Å². The Morgan fingerprint density at radius 3 is 2.72 bits per heavy atom. The van der Waals surface area contributed by atoms with E-state index in [2.05, 4.69) is 10.5 Å². The molecule has 0 saturated heterocycles. The number of nitrogens with one attached hydrogen (secondary N) is 1. The Bertz CT molecular complexity index is 496. The van der Waals surface area contributed by atoms with Crippen LogP contribution in [0.1, 0.15) is 11.5 Å². The zero-order valence-corrected chi connectivity index (χ0v) is 10.6. The van der Waals surface area contributed by atoms with Crippen molar-refractivity contribution < 1.29 is 5.21 Å². The first-order valence-electron chi connectivity index (χ1n) is 5.59. The molecule has 0 aliphatic carbocycles. The number of hydrogen-bond donors (Lipinski definition) is 3. The maximum absolute atomic E-state index is 8.86. The Balaban J connectivity index is 2.11. The monoisotopic (exact) mass is 261 g/mol. The lowest BCUT2D eigenvalue weighted by Gasteiger charge is -2.16. The third-order valence-corrected chi connectivity index (χ3v) is 3.39. The molecule has 0 amide bonds. The molecule has 0 spiro atoms. The van der Waals surface area contributed by atoms with Crippen molar-refractivity contribution >= 4 is 22.9 Å². The van der Waals surface area contributed by atoms with Crippen LogP contribution in [0.3, 0.4) is 0 Å². The van der Waals surface area contributed by atoms with Crippen LogP contribution in [-0.4, -0.2) is 17.6 Å². The predicted molar refractivity (Wildman–Crippen MR) is 75.4 cm³/mol. The minimum Gasteiger partial charge on any atom is -0.409 e. The molecule has 18 heavy (non-hydrogen) atoms. The summed E-state index contributed by atoms with van der Waals surface area (Å²) in [7, 11) is 0. The van der Waals surface area contributed by atoms with E-state index in [0.717, 1.165) is 11.3 Å². The third-order valence-electron chi connectivity index (χ3n) is 2.71. The summed E-state index contributed by atoms with van der Waals surface area (Å²) >= 11 is 1.63. The fraction of sp³-hybridized carbons (Fsp3) is 0.154. The van der Waals surface area contributed by atoms with Crippen LogP contribution in [-0.2, 0) is 0 Å². The number of nitrogens with two attached hydrogens (primary N) is 1. The van der Waals surface area contributed by atoms with Gasteiger partial charge in [-0.3, -0.25) is 0 Å². The highest BCUT2D eigenvalue weighted by Gasteiger charge is 2.16. The van der Waals surface area contributed by atoms with E-state index in [1.54, 1.807) is 11.3 Å². The van der Waals surface area contributed by atoms with Crippen molar-refractivity contribution in [2.45, 2.75) is 5.92 Å². The minimum atomic E-state index is -0.143. The van der Waals surface area contributed by atoms with Gasteiger partial charge in [0.1, 0.15) is 5.84 Å². The average molecular weight is 261 g/mol. The van der Waals surface area contributed by atoms with E-state index in [9.17, 15) is 0 Å². The Labute approximate surface area is 110 Å². The first-order valence-corrected chi connectivity index (χ1v) is 6.54. The molecule has 1 aromatic heterocycles. The Kier molecular flexibility index (Phi) is 4.20. The minimum absolute atomic E-state index is 0.143. The molecule has 0 bridgehead atoms. The van der Waals surface area contributed by atoms with Gasteiger partial charge in [0, 0.05) is 17.6 Å².